The van der Waals surface area contributed by atoms with Crippen molar-refractivity contribution in [3.8, 4) is 17.0 Å². The van der Waals surface area contributed by atoms with Crippen molar-refractivity contribution in [1.29, 1.82) is 0 Å². The van der Waals surface area contributed by atoms with E-state index in [0.29, 0.717) is 12.2 Å². The maximum absolute atomic E-state index is 11.7. The summed E-state index contributed by atoms with van der Waals surface area (Å²) in [6.45, 7) is 2.55. The quantitative estimate of drug-likeness (QED) is 0.678. The number of thiazole rings is 1. The van der Waals surface area contributed by atoms with E-state index < -0.39 is 10.0 Å². The van der Waals surface area contributed by atoms with E-state index in [-0.39, 0.29) is 9.92 Å². The smallest absolute Gasteiger partial charge is 0.239 e. The molecular formula is C18H18ClN3O3S2. The molecule has 0 aliphatic heterocycles. The molecule has 0 bridgehead atoms. The van der Waals surface area contributed by atoms with E-state index in [2.05, 4.69) is 4.99 Å². The number of nitrogens with zero attached hydrogens (tertiary/aromatic N) is 2. The molecule has 0 radical (unpaired) electrons. The molecular weight excluding hydrogens is 406 g/mol. The first-order chi connectivity index (χ1) is 12.8. The van der Waals surface area contributed by atoms with Crippen LogP contribution in [0.2, 0.25) is 5.02 Å². The van der Waals surface area contributed by atoms with Gasteiger partial charge < -0.3 is 9.30 Å². The second-order valence-corrected chi connectivity index (χ2v) is 8.47. The van der Waals surface area contributed by atoms with Gasteiger partial charge in [-0.15, -0.1) is 11.3 Å². The zero-order valence-corrected chi connectivity index (χ0v) is 17.1. The van der Waals surface area contributed by atoms with Crippen molar-refractivity contribution >= 4 is 38.6 Å². The fraction of sp³-hybridized carbons (Fsp3) is 0.167. The van der Waals surface area contributed by atoms with Crippen molar-refractivity contribution in [2.24, 2.45) is 17.2 Å². The summed E-state index contributed by atoms with van der Waals surface area (Å²) in [4.78, 5) is 5.30. The van der Waals surface area contributed by atoms with Crippen LogP contribution < -0.4 is 14.7 Å². The molecule has 3 aromatic rings. The van der Waals surface area contributed by atoms with Crippen molar-refractivity contribution in [2.45, 2.75) is 11.8 Å². The molecule has 1 aromatic heterocycles. The molecule has 0 atom stereocenters. The molecule has 3 rings (SSSR count). The Kier molecular flexibility index (Phi) is 5.71. The number of aromatic nitrogens is 1. The molecule has 0 unspecified atom stereocenters. The minimum Gasteiger partial charge on any atom is -0.494 e. The van der Waals surface area contributed by atoms with E-state index in [1.165, 1.54) is 23.5 Å². The second kappa shape index (κ2) is 7.85. The molecule has 0 aliphatic rings. The Balaban J connectivity index is 2.01. The highest BCUT2D eigenvalue weighted by Crippen LogP contribution is 2.28. The normalized spacial score (nSPS) is 12.4. The van der Waals surface area contributed by atoms with Crippen LogP contribution in [0.4, 0.5) is 5.69 Å². The number of rotatable bonds is 5. The molecule has 0 aliphatic carbocycles. The third-order valence-electron chi connectivity index (χ3n) is 3.83. The van der Waals surface area contributed by atoms with Crippen LogP contribution in [0.3, 0.4) is 0 Å². The maximum atomic E-state index is 11.7. The first kappa shape index (κ1) is 19.6. The lowest BCUT2D eigenvalue weighted by molar-refractivity contribution is 0.340. The van der Waals surface area contributed by atoms with E-state index in [0.717, 1.165) is 21.9 Å². The van der Waals surface area contributed by atoms with Crippen LogP contribution >= 0.6 is 22.9 Å². The Hall–Kier alpha value is -2.13. The number of ether oxygens (including phenoxy) is 1. The minimum atomic E-state index is -3.90. The summed E-state index contributed by atoms with van der Waals surface area (Å²) < 4.78 is 30.7. The number of nitrogens with two attached hydrogens (primary N) is 1. The molecule has 0 amide bonds. The number of hydrogen-bond acceptors (Lipinski definition) is 5. The van der Waals surface area contributed by atoms with E-state index in [1.807, 2.05) is 48.2 Å². The monoisotopic (exact) mass is 423 g/mol. The predicted octanol–water partition coefficient (Wildman–Crippen LogP) is 3.69. The van der Waals surface area contributed by atoms with Gasteiger partial charge in [0.05, 0.1) is 23.0 Å². The van der Waals surface area contributed by atoms with Gasteiger partial charge in [0.2, 0.25) is 10.0 Å². The van der Waals surface area contributed by atoms with Gasteiger partial charge in [-0.2, -0.15) is 0 Å². The number of halogens is 1. The zero-order valence-electron chi connectivity index (χ0n) is 14.7. The second-order valence-electron chi connectivity index (χ2n) is 5.69. The highest BCUT2D eigenvalue weighted by molar-refractivity contribution is 7.89. The van der Waals surface area contributed by atoms with Crippen LogP contribution in [-0.2, 0) is 17.1 Å². The first-order valence-electron chi connectivity index (χ1n) is 8.04. The third kappa shape index (κ3) is 4.41. The van der Waals surface area contributed by atoms with E-state index in [9.17, 15) is 8.42 Å². The van der Waals surface area contributed by atoms with Gasteiger partial charge in [0.25, 0.3) is 0 Å². The lowest BCUT2D eigenvalue weighted by atomic mass is 10.2. The van der Waals surface area contributed by atoms with Gasteiger partial charge in [-0.3, -0.25) is 0 Å². The fourth-order valence-corrected chi connectivity index (χ4v) is 4.50. The van der Waals surface area contributed by atoms with Gasteiger partial charge >= 0.3 is 0 Å². The number of hydrogen-bond donors (Lipinski definition) is 1. The fourth-order valence-electron chi connectivity index (χ4n) is 2.51. The first-order valence-corrected chi connectivity index (χ1v) is 10.8. The summed E-state index contributed by atoms with van der Waals surface area (Å²) in [5.41, 5.74) is 2.30. The molecule has 27 heavy (non-hydrogen) atoms. The SMILES string of the molecule is CCOc1ccc(/N=c2\scc(-c3ccc(Cl)c(S(N)(=O)=O)c3)n2C)cc1. The van der Waals surface area contributed by atoms with Gasteiger partial charge in [-0.05, 0) is 43.3 Å². The molecule has 9 heteroatoms. The summed E-state index contributed by atoms with van der Waals surface area (Å²) in [6.07, 6.45) is 0. The van der Waals surface area contributed by atoms with E-state index in [4.69, 9.17) is 21.5 Å². The van der Waals surface area contributed by atoms with Crippen molar-refractivity contribution in [3.63, 3.8) is 0 Å². The standard InChI is InChI=1S/C18H18ClN3O3S2/c1-3-25-14-7-5-13(6-8-14)21-18-22(2)16(11-26-18)12-4-9-15(19)17(10-12)27(20,23)24/h4-11H,3H2,1-2H3,(H2,20,23,24)/b21-18-. The number of sulfonamides is 1. The molecule has 142 valence electrons. The van der Waals surface area contributed by atoms with Crippen LogP contribution in [-0.4, -0.2) is 19.6 Å². The predicted molar refractivity (Wildman–Crippen MR) is 108 cm³/mol. The van der Waals surface area contributed by atoms with Crippen molar-refractivity contribution in [2.75, 3.05) is 6.61 Å². The zero-order chi connectivity index (χ0) is 19.6. The summed E-state index contributed by atoms with van der Waals surface area (Å²) in [5.74, 6) is 0.796. The average molecular weight is 424 g/mol. The average Bonchev–Trinajstić information content (AvgIpc) is 2.97. The maximum Gasteiger partial charge on any atom is 0.239 e. The van der Waals surface area contributed by atoms with Gasteiger partial charge in [-0.1, -0.05) is 17.7 Å². The van der Waals surface area contributed by atoms with Crippen LogP contribution in [0.5, 0.6) is 5.75 Å². The summed E-state index contributed by atoms with van der Waals surface area (Å²) in [7, 11) is -2.04. The Labute approximate surface area is 166 Å². The summed E-state index contributed by atoms with van der Waals surface area (Å²) >= 11 is 7.41. The molecule has 6 nitrogen and oxygen atoms in total. The van der Waals surface area contributed by atoms with Crippen molar-refractivity contribution in [1.82, 2.24) is 4.57 Å². The van der Waals surface area contributed by atoms with Crippen LogP contribution in [0.25, 0.3) is 11.3 Å². The Morgan fingerprint density at radius 1 is 1.22 bits per heavy atom. The van der Waals surface area contributed by atoms with Gasteiger partial charge in [0.15, 0.2) is 4.80 Å². The van der Waals surface area contributed by atoms with Gasteiger partial charge in [0, 0.05) is 18.0 Å². The van der Waals surface area contributed by atoms with Crippen molar-refractivity contribution in [3.05, 3.63) is 57.7 Å². The van der Waals surface area contributed by atoms with Crippen LogP contribution in [0.1, 0.15) is 6.92 Å². The van der Waals surface area contributed by atoms with Gasteiger partial charge in [-0.25, -0.2) is 18.5 Å². The molecule has 0 spiro atoms. The Morgan fingerprint density at radius 2 is 1.93 bits per heavy atom. The lowest BCUT2D eigenvalue weighted by Gasteiger charge is -2.07. The molecule has 0 saturated carbocycles. The van der Waals surface area contributed by atoms with Crippen molar-refractivity contribution < 1.29 is 13.2 Å². The van der Waals surface area contributed by atoms with E-state index >= 15 is 0 Å². The molecule has 1 heterocycles. The molecule has 0 saturated heterocycles. The van der Waals surface area contributed by atoms with Gasteiger partial charge in [0.1, 0.15) is 10.6 Å². The molecule has 2 aromatic carbocycles. The molecule has 2 N–H and O–H groups in total. The number of primary sulfonamides is 1. The number of benzene rings is 2. The van der Waals surface area contributed by atoms with E-state index in [1.54, 1.807) is 6.07 Å². The summed E-state index contributed by atoms with van der Waals surface area (Å²) in [6, 6.07) is 12.2. The topological polar surface area (TPSA) is 86.7 Å². The highest BCUT2D eigenvalue weighted by atomic mass is 35.5. The Bertz CT molecular complexity index is 1130. The largest absolute Gasteiger partial charge is 0.494 e. The highest BCUT2D eigenvalue weighted by Gasteiger charge is 2.15. The lowest BCUT2D eigenvalue weighted by Crippen LogP contribution is -2.13. The van der Waals surface area contributed by atoms with Crippen LogP contribution in [0, 0.1) is 0 Å². The summed E-state index contributed by atoms with van der Waals surface area (Å²) in [5, 5.41) is 7.24. The van der Waals surface area contributed by atoms with Crippen LogP contribution in [0.15, 0.2) is 57.7 Å². The Morgan fingerprint density at radius 3 is 2.56 bits per heavy atom. The molecule has 0 fully saturated rings. The third-order valence-corrected chi connectivity index (χ3v) is 6.14. The minimum absolute atomic E-state index is 0.0958.